The average Bonchev–Trinajstić information content (AvgIpc) is 1.82. The molecule has 3 aliphatic rings. The lowest BCUT2D eigenvalue weighted by Gasteiger charge is -2.35. The number of hydrogen-bond acceptors (Lipinski definition) is 4. The van der Waals surface area contributed by atoms with E-state index in [0.717, 1.165) is 55.9 Å². The Balaban J connectivity index is 0.795. The van der Waals surface area contributed by atoms with Crippen molar-refractivity contribution in [3.05, 3.63) is 306 Å². The number of aromatic nitrogens is 3. The summed E-state index contributed by atoms with van der Waals surface area (Å²) >= 11 is 0. The number of hydrogen-bond donors (Lipinski definition) is 4. The van der Waals surface area contributed by atoms with E-state index in [0.29, 0.717) is 0 Å². The van der Waals surface area contributed by atoms with E-state index in [1.165, 1.54) is 82.2 Å². The molecule has 0 radical (unpaired) electrons. The maximum Gasteiger partial charge on any atom is 0.160 e. The highest BCUT2D eigenvalue weighted by atomic mass is 15.4. The van der Waals surface area contributed by atoms with Gasteiger partial charge in [-0.1, -0.05) is 214 Å². The molecular formula is C77H59N7. The highest BCUT2D eigenvalue weighted by molar-refractivity contribution is 6.19. The molecule has 402 valence electrons. The van der Waals surface area contributed by atoms with Gasteiger partial charge in [-0.05, 0) is 128 Å². The van der Waals surface area contributed by atoms with Gasteiger partial charge in [0.1, 0.15) is 0 Å². The van der Waals surface area contributed by atoms with Crippen LogP contribution in [0.2, 0.25) is 0 Å². The standard InChI is InChI=1S/C77H59N7/c1-77(2)63-35-18-15-32-55(63)59-42-60-56-33-16-19-36-69(56)84(74(60)45-64(59)77)76-80-67(50-26-11-5-12-27-50)47-68(81-76)53-29-21-28-51(40-53)52-38-39-58-62-44-73-61(43-72(62)82(71(58)41-52)54-30-13-6-14-31-54)57-34-17-20-37-70(57)83(73)75-78-65(48-22-7-3-8-23-48)46-66(79-75)49-24-9-4-10-25-49/h3-47,65,68,75-76,78-81H,1-2H3. The molecule has 4 atom stereocenters. The summed E-state index contributed by atoms with van der Waals surface area (Å²) in [5.41, 5.74) is 22.7. The molecule has 4 N–H and O–H groups in total. The zero-order chi connectivity index (χ0) is 55.6. The van der Waals surface area contributed by atoms with Crippen LogP contribution in [0.15, 0.2) is 273 Å². The van der Waals surface area contributed by atoms with Crippen molar-refractivity contribution in [1.29, 1.82) is 0 Å². The van der Waals surface area contributed by atoms with E-state index >= 15 is 0 Å². The first-order chi connectivity index (χ1) is 41.4. The number of benzene rings is 11. The first kappa shape index (κ1) is 48.5. The van der Waals surface area contributed by atoms with Gasteiger partial charge in [-0.2, -0.15) is 0 Å². The van der Waals surface area contributed by atoms with Crippen molar-refractivity contribution in [2.45, 2.75) is 43.9 Å². The van der Waals surface area contributed by atoms with Crippen molar-refractivity contribution in [2.75, 3.05) is 0 Å². The van der Waals surface area contributed by atoms with Crippen molar-refractivity contribution in [3.63, 3.8) is 0 Å². The second kappa shape index (κ2) is 18.9. The molecule has 11 aromatic carbocycles. The topological polar surface area (TPSA) is 62.9 Å². The van der Waals surface area contributed by atoms with Crippen LogP contribution in [0.3, 0.4) is 0 Å². The summed E-state index contributed by atoms with van der Waals surface area (Å²) in [5.74, 6) is 0. The molecule has 0 spiro atoms. The Bertz CT molecular complexity index is 5010. The Morgan fingerprint density at radius 1 is 0.321 bits per heavy atom. The Labute approximate surface area is 487 Å². The average molecular weight is 1080 g/mol. The van der Waals surface area contributed by atoms with Crippen LogP contribution >= 0.6 is 0 Å². The molecule has 0 saturated carbocycles. The van der Waals surface area contributed by atoms with Crippen LogP contribution in [-0.4, -0.2) is 13.7 Å². The summed E-state index contributed by atoms with van der Waals surface area (Å²) in [6, 6.07) is 95.7. The number of fused-ring (bicyclic) bond motifs is 12. The molecule has 84 heavy (non-hydrogen) atoms. The molecule has 7 nitrogen and oxygen atoms in total. The van der Waals surface area contributed by atoms with Crippen molar-refractivity contribution < 1.29 is 0 Å². The summed E-state index contributed by atoms with van der Waals surface area (Å²) in [7, 11) is 0. The normalized spacial score (nSPS) is 18.2. The van der Waals surface area contributed by atoms with E-state index in [1.54, 1.807) is 0 Å². The first-order valence-electron chi connectivity index (χ1n) is 29.4. The molecule has 2 aliphatic heterocycles. The first-order valence-corrected chi connectivity index (χ1v) is 29.4. The van der Waals surface area contributed by atoms with E-state index in [-0.39, 0.29) is 30.1 Å². The highest BCUT2D eigenvalue weighted by Gasteiger charge is 2.37. The number of nitrogens with one attached hydrogen (secondary N) is 4. The Morgan fingerprint density at radius 2 is 0.798 bits per heavy atom. The SMILES string of the molecule is CC1(C)c2ccccc2-c2cc3c4ccccc4n(C4NC(c5ccccc5)=CC(c5cccc(-c6ccc7c8cc9c(cc8n(-c8ccccc8)c7c6)c6ccccc6n9C6NC(c7ccccc7)=CC(c7ccccc7)N6)c5)N4)c3cc21. The molecule has 4 unspecified atom stereocenters. The third kappa shape index (κ3) is 7.59. The lowest BCUT2D eigenvalue weighted by molar-refractivity contribution is 0.350. The van der Waals surface area contributed by atoms with Gasteiger partial charge in [0.05, 0.1) is 45.2 Å². The smallest absolute Gasteiger partial charge is 0.160 e. The fourth-order valence-electron chi connectivity index (χ4n) is 14.4. The minimum Gasteiger partial charge on any atom is -0.352 e. The molecule has 7 heteroatoms. The van der Waals surface area contributed by atoms with Gasteiger partial charge in [0.25, 0.3) is 0 Å². The summed E-state index contributed by atoms with van der Waals surface area (Å²) in [6.45, 7) is 4.75. The van der Waals surface area contributed by atoms with Crippen LogP contribution in [0.25, 0.3) is 105 Å². The van der Waals surface area contributed by atoms with Gasteiger partial charge in [0, 0.05) is 54.8 Å². The molecule has 0 amide bonds. The summed E-state index contributed by atoms with van der Waals surface area (Å²) in [5, 5.41) is 23.5. The molecule has 14 aromatic rings. The monoisotopic (exact) mass is 1080 g/mol. The van der Waals surface area contributed by atoms with Crippen LogP contribution in [0.1, 0.15) is 71.9 Å². The van der Waals surface area contributed by atoms with Crippen molar-refractivity contribution in [1.82, 2.24) is 35.0 Å². The minimum absolute atomic E-state index is 0.0219. The molecule has 0 saturated heterocycles. The third-order valence-electron chi connectivity index (χ3n) is 18.4. The predicted octanol–water partition coefficient (Wildman–Crippen LogP) is 17.8. The van der Waals surface area contributed by atoms with Gasteiger partial charge in [-0.15, -0.1) is 0 Å². The molecule has 1 aliphatic carbocycles. The molecule has 0 bridgehead atoms. The molecule has 3 aromatic heterocycles. The molecule has 5 heterocycles. The quantitative estimate of drug-likeness (QED) is 0.122. The molecular weight excluding hydrogens is 1020 g/mol. The number of para-hydroxylation sites is 3. The maximum absolute atomic E-state index is 4.15. The van der Waals surface area contributed by atoms with Gasteiger partial charge in [0.15, 0.2) is 12.6 Å². The largest absolute Gasteiger partial charge is 0.352 e. The van der Waals surface area contributed by atoms with Crippen molar-refractivity contribution in [2.24, 2.45) is 0 Å². The van der Waals surface area contributed by atoms with E-state index in [1.807, 2.05) is 0 Å². The summed E-state index contributed by atoms with van der Waals surface area (Å²) < 4.78 is 7.45. The third-order valence-corrected chi connectivity index (χ3v) is 18.4. The lowest BCUT2D eigenvalue weighted by atomic mass is 9.82. The maximum atomic E-state index is 4.15. The number of nitrogens with zero attached hydrogens (tertiary/aromatic N) is 3. The van der Waals surface area contributed by atoms with Gasteiger partial charge in [0.2, 0.25) is 0 Å². The number of rotatable bonds is 8. The van der Waals surface area contributed by atoms with Crippen LogP contribution in [-0.2, 0) is 5.41 Å². The fraction of sp³-hybridized carbons (Fsp3) is 0.0909. The predicted molar refractivity (Wildman–Crippen MR) is 348 cm³/mol. The zero-order valence-electron chi connectivity index (χ0n) is 46.6. The lowest BCUT2D eigenvalue weighted by Crippen LogP contribution is -2.43. The Morgan fingerprint density at radius 3 is 1.46 bits per heavy atom. The Kier molecular flexibility index (Phi) is 10.9. The van der Waals surface area contributed by atoms with E-state index in [4.69, 9.17) is 0 Å². The van der Waals surface area contributed by atoms with Crippen LogP contribution < -0.4 is 21.3 Å². The van der Waals surface area contributed by atoms with Gasteiger partial charge in [-0.3, -0.25) is 10.6 Å². The second-order valence-electron chi connectivity index (χ2n) is 23.5. The van der Waals surface area contributed by atoms with E-state index in [9.17, 15) is 0 Å². The molecule has 17 rings (SSSR count). The minimum atomic E-state index is -0.272. The highest BCUT2D eigenvalue weighted by Crippen LogP contribution is 2.51. The van der Waals surface area contributed by atoms with Gasteiger partial charge < -0.3 is 24.3 Å². The van der Waals surface area contributed by atoms with E-state index < -0.39 is 0 Å². The molecule has 0 fully saturated rings. The van der Waals surface area contributed by atoms with Gasteiger partial charge in [-0.25, -0.2) is 0 Å². The van der Waals surface area contributed by atoms with Crippen molar-refractivity contribution in [3.8, 4) is 27.9 Å². The Hall–Kier alpha value is -10.2. The summed E-state index contributed by atoms with van der Waals surface area (Å²) in [6.07, 6.45) is 4.16. The van der Waals surface area contributed by atoms with Crippen molar-refractivity contribution >= 4 is 76.8 Å². The zero-order valence-corrected chi connectivity index (χ0v) is 46.6. The fourth-order valence-corrected chi connectivity index (χ4v) is 14.4. The second-order valence-corrected chi connectivity index (χ2v) is 23.5. The van der Waals surface area contributed by atoms with Crippen LogP contribution in [0, 0.1) is 0 Å². The summed E-state index contributed by atoms with van der Waals surface area (Å²) in [4.78, 5) is 0. The van der Waals surface area contributed by atoms with Crippen LogP contribution in [0.5, 0.6) is 0 Å². The van der Waals surface area contributed by atoms with Crippen LogP contribution in [0.4, 0.5) is 0 Å². The van der Waals surface area contributed by atoms with Gasteiger partial charge >= 0.3 is 0 Å². The van der Waals surface area contributed by atoms with E-state index in [2.05, 4.69) is 322 Å².